The third-order valence-electron chi connectivity index (χ3n) is 3.22. The molecular weight excluding hydrogens is 295 g/mol. The first-order chi connectivity index (χ1) is 9.99. The van der Waals surface area contributed by atoms with Gasteiger partial charge in [0.15, 0.2) is 0 Å². The molecule has 110 valence electrons. The highest BCUT2D eigenvalue weighted by Gasteiger charge is 2.17. The van der Waals surface area contributed by atoms with Crippen molar-refractivity contribution in [2.24, 2.45) is 0 Å². The Morgan fingerprint density at radius 2 is 2.05 bits per heavy atom. The summed E-state index contributed by atoms with van der Waals surface area (Å²) >= 11 is 6.02. The maximum Gasteiger partial charge on any atom is 0.275 e. The second-order valence-corrected chi connectivity index (χ2v) is 5.06. The molecule has 6 heteroatoms. The molecule has 1 atom stereocenters. The van der Waals surface area contributed by atoms with Crippen molar-refractivity contribution in [3.8, 4) is 0 Å². The van der Waals surface area contributed by atoms with E-state index in [1.807, 2.05) is 6.92 Å². The number of rotatable bonds is 5. The molecule has 0 amide bonds. The molecule has 4 nitrogen and oxygen atoms in total. The highest BCUT2D eigenvalue weighted by atomic mass is 35.5. The van der Waals surface area contributed by atoms with Crippen LogP contribution in [0.5, 0.6) is 0 Å². The minimum atomic E-state index is -0.463. The maximum atomic E-state index is 13.2. The van der Waals surface area contributed by atoms with E-state index in [0.717, 1.165) is 5.56 Å². The standard InChI is InChI=1S/C15H14ClFN2O2/c1-10(11-4-2-5-12(17)8-11)18-9-13-14(16)6-3-7-15(13)19(20)21/h2-8,10,18H,9H2,1H3. The Labute approximate surface area is 126 Å². The lowest BCUT2D eigenvalue weighted by atomic mass is 10.1. The van der Waals surface area contributed by atoms with E-state index in [0.29, 0.717) is 10.6 Å². The Balaban J connectivity index is 2.15. The zero-order chi connectivity index (χ0) is 15.4. The minimum absolute atomic E-state index is 0.0264. The summed E-state index contributed by atoms with van der Waals surface area (Å²) in [7, 11) is 0. The van der Waals surface area contributed by atoms with Crippen LogP contribution in [0.3, 0.4) is 0 Å². The van der Waals surface area contributed by atoms with E-state index in [-0.39, 0.29) is 24.1 Å². The van der Waals surface area contributed by atoms with E-state index in [9.17, 15) is 14.5 Å². The first-order valence-corrected chi connectivity index (χ1v) is 6.77. The number of nitrogens with zero attached hydrogens (tertiary/aromatic N) is 1. The molecule has 1 unspecified atom stereocenters. The summed E-state index contributed by atoms with van der Waals surface area (Å²) in [5.41, 5.74) is 1.17. The second kappa shape index (κ2) is 6.65. The third kappa shape index (κ3) is 3.77. The molecule has 2 aromatic rings. The lowest BCUT2D eigenvalue weighted by molar-refractivity contribution is -0.385. The fraction of sp³-hybridized carbons (Fsp3) is 0.200. The van der Waals surface area contributed by atoms with Crippen molar-refractivity contribution < 1.29 is 9.31 Å². The van der Waals surface area contributed by atoms with Crippen LogP contribution in [0.15, 0.2) is 42.5 Å². The zero-order valence-electron chi connectivity index (χ0n) is 11.3. The molecule has 0 saturated heterocycles. The minimum Gasteiger partial charge on any atom is -0.306 e. The van der Waals surface area contributed by atoms with Crippen LogP contribution in [-0.4, -0.2) is 4.92 Å². The van der Waals surface area contributed by atoms with Crippen molar-refractivity contribution in [3.63, 3.8) is 0 Å². The van der Waals surface area contributed by atoms with Gasteiger partial charge in [-0.1, -0.05) is 29.8 Å². The average Bonchev–Trinajstić information content (AvgIpc) is 2.45. The topological polar surface area (TPSA) is 55.2 Å². The first-order valence-electron chi connectivity index (χ1n) is 6.39. The van der Waals surface area contributed by atoms with Gasteiger partial charge in [0.1, 0.15) is 5.82 Å². The fourth-order valence-corrected chi connectivity index (χ4v) is 2.28. The lowest BCUT2D eigenvalue weighted by Crippen LogP contribution is -2.19. The number of nitro benzene ring substituents is 1. The van der Waals surface area contributed by atoms with Crippen LogP contribution in [0.25, 0.3) is 0 Å². The number of hydrogen-bond donors (Lipinski definition) is 1. The SMILES string of the molecule is CC(NCc1c(Cl)cccc1[N+](=O)[O-])c1cccc(F)c1. The zero-order valence-corrected chi connectivity index (χ0v) is 12.1. The Kier molecular flexibility index (Phi) is 4.88. The molecule has 1 N–H and O–H groups in total. The Hall–Kier alpha value is -1.98. The van der Waals surface area contributed by atoms with E-state index in [1.54, 1.807) is 24.3 Å². The van der Waals surface area contributed by atoms with Gasteiger partial charge in [0.05, 0.1) is 15.5 Å². The Morgan fingerprint density at radius 3 is 2.71 bits per heavy atom. The summed E-state index contributed by atoms with van der Waals surface area (Å²) in [5, 5.41) is 14.5. The Morgan fingerprint density at radius 1 is 1.33 bits per heavy atom. The van der Waals surface area contributed by atoms with E-state index < -0.39 is 4.92 Å². The van der Waals surface area contributed by atoms with Crippen LogP contribution in [0.2, 0.25) is 5.02 Å². The van der Waals surface area contributed by atoms with Crippen molar-refractivity contribution in [2.75, 3.05) is 0 Å². The summed E-state index contributed by atoms with van der Waals surface area (Å²) in [6.45, 7) is 2.09. The van der Waals surface area contributed by atoms with Gasteiger partial charge < -0.3 is 5.32 Å². The van der Waals surface area contributed by atoms with Gasteiger partial charge in [-0.2, -0.15) is 0 Å². The Bertz CT molecular complexity index is 664. The van der Waals surface area contributed by atoms with Crippen molar-refractivity contribution in [3.05, 3.63) is 74.5 Å². The molecule has 0 aliphatic carbocycles. The average molecular weight is 309 g/mol. The molecule has 21 heavy (non-hydrogen) atoms. The molecule has 0 aliphatic rings. The number of nitro groups is 1. The first kappa shape index (κ1) is 15.4. The molecule has 0 fully saturated rings. The van der Waals surface area contributed by atoms with Crippen LogP contribution in [0.1, 0.15) is 24.1 Å². The number of benzene rings is 2. The van der Waals surface area contributed by atoms with Crippen LogP contribution in [0, 0.1) is 15.9 Å². The van der Waals surface area contributed by atoms with Crippen LogP contribution in [0.4, 0.5) is 10.1 Å². The van der Waals surface area contributed by atoms with Gasteiger partial charge in [-0.15, -0.1) is 0 Å². The van der Waals surface area contributed by atoms with E-state index in [4.69, 9.17) is 11.6 Å². The second-order valence-electron chi connectivity index (χ2n) is 4.65. The molecule has 0 aliphatic heterocycles. The third-order valence-corrected chi connectivity index (χ3v) is 3.58. The summed E-state index contributed by atoms with van der Waals surface area (Å²) in [4.78, 5) is 10.5. The molecule has 2 rings (SSSR count). The van der Waals surface area contributed by atoms with Crippen LogP contribution < -0.4 is 5.32 Å². The number of halogens is 2. The van der Waals surface area contributed by atoms with Gasteiger partial charge in [0.2, 0.25) is 0 Å². The highest BCUT2D eigenvalue weighted by molar-refractivity contribution is 6.31. The molecule has 0 saturated carbocycles. The van der Waals surface area contributed by atoms with Crippen molar-refractivity contribution in [2.45, 2.75) is 19.5 Å². The van der Waals surface area contributed by atoms with Gasteiger partial charge in [-0.25, -0.2) is 4.39 Å². The predicted molar refractivity (Wildman–Crippen MR) is 79.8 cm³/mol. The summed E-state index contributed by atoms with van der Waals surface area (Å²) in [6, 6.07) is 10.6. The lowest BCUT2D eigenvalue weighted by Gasteiger charge is -2.15. The van der Waals surface area contributed by atoms with Gasteiger partial charge in [-0.3, -0.25) is 10.1 Å². The van der Waals surface area contributed by atoms with E-state index in [2.05, 4.69) is 5.32 Å². The summed E-state index contributed by atoms with van der Waals surface area (Å²) < 4.78 is 13.2. The van der Waals surface area contributed by atoms with E-state index >= 15 is 0 Å². The fourth-order valence-electron chi connectivity index (χ4n) is 2.04. The largest absolute Gasteiger partial charge is 0.306 e. The molecule has 2 aromatic carbocycles. The number of hydrogen-bond acceptors (Lipinski definition) is 3. The molecule has 0 spiro atoms. The van der Waals surface area contributed by atoms with E-state index in [1.165, 1.54) is 18.2 Å². The monoisotopic (exact) mass is 308 g/mol. The number of nitrogens with one attached hydrogen (secondary N) is 1. The van der Waals surface area contributed by atoms with Gasteiger partial charge in [-0.05, 0) is 30.7 Å². The van der Waals surface area contributed by atoms with Crippen LogP contribution in [-0.2, 0) is 6.54 Å². The van der Waals surface area contributed by atoms with Gasteiger partial charge >= 0.3 is 0 Å². The molecular formula is C15H14ClFN2O2. The quantitative estimate of drug-likeness (QED) is 0.664. The maximum absolute atomic E-state index is 13.2. The van der Waals surface area contributed by atoms with Crippen molar-refractivity contribution in [1.29, 1.82) is 0 Å². The van der Waals surface area contributed by atoms with Gasteiger partial charge in [0, 0.05) is 18.7 Å². The van der Waals surface area contributed by atoms with Crippen molar-refractivity contribution >= 4 is 17.3 Å². The highest BCUT2D eigenvalue weighted by Crippen LogP contribution is 2.26. The van der Waals surface area contributed by atoms with Crippen LogP contribution >= 0.6 is 11.6 Å². The smallest absolute Gasteiger partial charge is 0.275 e. The van der Waals surface area contributed by atoms with Crippen molar-refractivity contribution in [1.82, 2.24) is 5.32 Å². The molecule has 0 radical (unpaired) electrons. The predicted octanol–water partition coefficient (Wildman–Crippen LogP) is 4.24. The van der Waals surface area contributed by atoms with Gasteiger partial charge in [0.25, 0.3) is 5.69 Å². The molecule has 0 aromatic heterocycles. The summed E-state index contributed by atoms with van der Waals surface area (Å²) in [6.07, 6.45) is 0. The molecule has 0 heterocycles. The normalized spacial score (nSPS) is 12.1. The summed E-state index contributed by atoms with van der Waals surface area (Å²) in [5.74, 6) is -0.315. The molecule has 0 bridgehead atoms.